The molecule has 0 aromatic carbocycles. The number of Topliss-reactive ketones (excluding diaryl/α,β-unsaturated/α-hetero) is 1. The largest absolute Gasteiger partial charge is 0.465 e. The first kappa shape index (κ1) is 17.7. The summed E-state index contributed by atoms with van der Waals surface area (Å²) in [5.41, 5.74) is 0. The molecule has 5 nitrogen and oxygen atoms in total. The predicted molar refractivity (Wildman–Crippen MR) is 77.4 cm³/mol. The van der Waals surface area contributed by atoms with Crippen LogP contribution in [0.4, 0.5) is 0 Å². The molecule has 0 bridgehead atoms. The SMILES string of the molecule is CCOC(=O)C(CC1C(C)CCC(=O)C1C)C(=O)OCC. The summed E-state index contributed by atoms with van der Waals surface area (Å²) in [4.78, 5) is 35.9. The van der Waals surface area contributed by atoms with Crippen LogP contribution in [0.25, 0.3) is 0 Å². The standard InChI is InChI=1S/C16H26O5/c1-5-20-15(18)13(16(19)21-6-2)9-12-10(3)7-8-14(17)11(12)4/h10-13H,5-9H2,1-4H3. The number of ketones is 1. The monoisotopic (exact) mass is 298 g/mol. The molecule has 0 spiro atoms. The molecular weight excluding hydrogens is 272 g/mol. The van der Waals surface area contributed by atoms with Crippen LogP contribution >= 0.6 is 0 Å². The van der Waals surface area contributed by atoms with Gasteiger partial charge in [0.25, 0.3) is 0 Å². The molecule has 1 saturated carbocycles. The van der Waals surface area contributed by atoms with Crippen LogP contribution in [-0.4, -0.2) is 30.9 Å². The Balaban J connectivity index is 2.85. The summed E-state index contributed by atoms with van der Waals surface area (Å²) in [5, 5.41) is 0. The average Bonchev–Trinajstić information content (AvgIpc) is 2.43. The van der Waals surface area contributed by atoms with E-state index in [0.717, 1.165) is 6.42 Å². The van der Waals surface area contributed by atoms with Gasteiger partial charge in [-0.15, -0.1) is 0 Å². The maximum Gasteiger partial charge on any atom is 0.320 e. The minimum atomic E-state index is -0.925. The van der Waals surface area contributed by atoms with Crippen LogP contribution in [0.1, 0.15) is 47.0 Å². The van der Waals surface area contributed by atoms with E-state index in [1.807, 2.05) is 6.92 Å². The van der Waals surface area contributed by atoms with Gasteiger partial charge in [0.15, 0.2) is 5.92 Å². The van der Waals surface area contributed by atoms with E-state index in [1.165, 1.54) is 0 Å². The highest BCUT2D eigenvalue weighted by Crippen LogP contribution is 2.37. The molecule has 0 heterocycles. The van der Waals surface area contributed by atoms with Crippen molar-refractivity contribution in [2.45, 2.75) is 47.0 Å². The second-order valence-corrected chi connectivity index (χ2v) is 5.73. The second-order valence-electron chi connectivity index (χ2n) is 5.73. The van der Waals surface area contributed by atoms with Crippen molar-refractivity contribution in [1.29, 1.82) is 0 Å². The lowest BCUT2D eigenvalue weighted by molar-refractivity contribution is -0.163. The topological polar surface area (TPSA) is 69.7 Å². The molecule has 0 radical (unpaired) electrons. The van der Waals surface area contributed by atoms with Crippen LogP contribution in [-0.2, 0) is 23.9 Å². The highest BCUT2D eigenvalue weighted by molar-refractivity contribution is 5.95. The molecule has 3 atom stereocenters. The van der Waals surface area contributed by atoms with Crippen LogP contribution in [0.2, 0.25) is 0 Å². The summed E-state index contributed by atoms with van der Waals surface area (Å²) in [7, 11) is 0. The molecule has 0 saturated heterocycles. The summed E-state index contributed by atoms with van der Waals surface area (Å²) in [6.45, 7) is 7.81. The quantitative estimate of drug-likeness (QED) is 0.556. The van der Waals surface area contributed by atoms with Crippen molar-refractivity contribution < 1.29 is 23.9 Å². The second kappa shape index (κ2) is 8.15. The fraction of sp³-hybridized carbons (Fsp3) is 0.812. The number of rotatable bonds is 6. The molecule has 0 aromatic rings. The Morgan fingerprint density at radius 1 is 1.14 bits per heavy atom. The zero-order valence-corrected chi connectivity index (χ0v) is 13.4. The Kier molecular flexibility index (Phi) is 6.85. The number of hydrogen-bond donors (Lipinski definition) is 0. The first-order chi connectivity index (χ1) is 9.92. The van der Waals surface area contributed by atoms with Crippen molar-refractivity contribution in [3.05, 3.63) is 0 Å². The van der Waals surface area contributed by atoms with E-state index >= 15 is 0 Å². The average molecular weight is 298 g/mol. The van der Waals surface area contributed by atoms with Gasteiger partial charge in [-0.25, -0.2) is 0 Å². The summed E-state index contributed by atoms with van der Waals surface area (Å²) < 4.78 is 9.97. The van der Waals surface area contributed by atoms with Gasteiger partial charge in [0.1, 0.15) is 5.78 Å². The molecule has 0 amide bonds. The van der Waals surface area contributed by atoms with Gasteiger partial charge in [-0.05, 0) is 38.5 Å². The molecule has 1 rings (SSSR count). The molecule has 0 aliphatic heterocycles. The molecule has 0 aromatic heterocycles. The van der Waals surface area contributed by atoms with Crippen LogP contribution in [0.3, 0.4) is 0 Å². The normalized spacial score (nSPS) is 25.8. The third-order valence-corrected chi connectivity index (χ3v) is 4.38. The molecule has 1 aliphatic rings. The van der Waals surface area contributed by atoms with Gasteiger partial charge < -0.3 is 9.47 Å². The number of esters is 2. The fourth-order valence-corrected chi connectivity index (χ4v) is 3.03. The molecule has 1 fully saturated rings. The van der Waals surface area contributed by atoms with Gasteiger partial charge in [-0.1, -0.05) is 13.8 Å². The minimum Gasteiger partial charge on any atom is -0.465 e. The fourth-order valence-electron chi connectivity index (χ4n) is 3.03. The zero-order chi connectivity index (χ0) is 16.0. The number of ether oxygens (including phenoxy) is 2. The van der Waals surface area contributed by atoms with E-state index in [0.29, 0.717) is 18.8 Å². The van der Waals surface area contributed by atoms with E-state index in [9.17, 15) is 14.4 Å². The smallest absolute Gasteiger partial charge is 0.320 e. The maximum atomic E-state index is 12.0. The van der Waals surface area contributed by atoms with Crippen molar-refractivity contribution in [1.82, 2.24) is 0 Å². The molecule has 120 valence electrons. The highest BCUT2D eigenvalue weighted by atomic mass is 16.6. The summed E-state index contributed by atoms with van der Waals surface area (Å²) in [6, 6.07) is 0. The number of carbonyl (C=O) groups is 3. The van der Waals surface area contributed by atoms with Gasteiger partial charge in [-0.2, -0.15) is 0 Å². The van der Waals surface area contributed by atoms with Crippen LogP contribution in [0, 0.1) is 23.7 Å². The third-order valence-electron chi connectivity index (χ3n) is 4.38. The summed E-state index contributed by atoms with van der Waals surface area (Å²) in [6.07, 6.45) is 1.72. The van der Waals surface area contributed by atoms with Crippen molar-refractivity contribution in [2.24, 2.45) is 23.7 Å². The van der Waals surface area contributed by atoms with Gasteiger partial charge >= 0.3 is 11.9 Å². The lowest BCUT2D eigenvalue weighted by Gasteiger charge is -2.34. The Bertz CT molecular complexity index is 372. The van der Waals surface area contributed by atoms with Crippen LogP contribution in [0.15, 0.2) is 0 Å². The molecular formula is C16H26O5. The van der Waals surface area contributed by atoms with Crippen molar-refractivity contribution >= 4 is 17.7 Å². The maximum absolute atomic E-state index is 12.0. The highest BCUT2D eigenvalue weighted by Gasteiger charge is 2.39. The first-order valence-electron chi connectivity index (χ1n) is 7.78. The zero-order valence-electron chi connectivity index (χ0n) is 13.4. The van der Waals surface area contributed by atoms with E-state index in [2.05, 4.69) is 6.92 Å². The van der Waals surface area contributed by atoms with Gasteiger partial charge in [-0.3, -0.25) is 14.4 Å². The van der Waals surface area contributed by atoms with E-state index in [1.54, 1.807) is 13.8 Å². The Hall–Kier alpha value is -1.39. The van der Waals surface area contributed by atoms with E-state index in [4.69, 9.17) is 9.47 Å². The molecule has 0 N–H and O–H groups in total. The lowest BCUT2D eigenvalue weighted by atomic mass is 9.69. The summed E-state index contributed by atoms with van der Waals surface area (Å²) >= 11 is 0. The van der Waals surface area contributed by atoms with Crippen molar-refractivity contribution in [2.75, 3.05) is 13.2 Å². The van der Waals surface area contributed by atoms with Crippen LogP contribution in [0.5, 0.6) is 0 Å². The Labute approximate surface area is 126 Å². The molecule has 21 heavy (non-hydrogen) atoms. The summed E-state index contributed by atoms with van der Waals surface area (Å²) in [5.74, 6) is -1.61. The van der Waals surface area contributed by atoms with E-state index < -0.39 is 17.9 Å². The van der Waals surface area contributed by atoms with Gasteiger partial charge in [0.05, 0.1) is 13.2 Å². The minimum absolute atomic E-state index is 0.0186. The Morgan fingerprint density at radius 2 is 1.67 bits per heavy atom. The molecule has 5 heteroatoms. The van der Waals surface area contributed by atoms with Crippen molar-refractivity contribution in [3.8, 4) is 0 Å². The van der Waals surface area contributed by atoms with Gasteiger partial charge in [0.2, 0.25) is 0 Å². The number of carbonyl (C=O) groups excluding carboxylic acids is 3. The van der Waals surface area contributed by atoms with E-state index in [-0.39, 0.29) is 30.8 Å². The van der Waals surface area contributed by atoms with Crippen LogP contribution < -0.4 is 0 Å². The predicted octanol–water partition coefficient (Wildman–Crippen LogP) is 2.37. The third kappa shape index (κ3) is 4.55. The number of hydrogen-bond acceptors (Lipinski definition) is 5. The van der Waals surface area contributed by atoms with Crippen molar-refractivity contribution in [3.63, 3.8) is 0 Å². The lowest BCUT2D eigenvalue weighted by Crippen LogP contribution is -2.37. The Morgan fingerprint density at radius 3 is 2.14 bits per heavy atom. The first-order valence-corrected chi connectivity index (χ1v) is 7.78. The van der Waals surface area contributed by atoms with Gasteiger partial charge in [0, 0.05) is 12.3 Å². The molecule has 3 unspecified atom stereocenters. The molecule has 1 aliphatic carbocycles.